The van der Waals surface area contributed by atoms with Crippen LogP contribution in [-0.4, -0.2) is 6.10 Å². The van der Waals surface area contributed by atoms with Crippen LogP contribution in [0.4, 0.5) is 0 Å². The van der Waals surface area contributed by atoms with E-state index in [2.05, 4.69) is 19.1 Å². The van der Waals surface area contributed by atoms with Crippen LogP contribution in [-0.2, 0) is 6.61 Å². The fourth-order valence-corrected chi connectivity index (χ4v) is 2.68. The monoisotopic (exact) mass is 283 g/mol. The summed E-state index contributed by atoms with van der Waals surface area (Å²) < 4.78 is 11.7. The molecule has 0 radical (unpaired) electrons. The zero-order chi connectivity index (χ0) is 14.7. The third-order valence-electron chi connectivity index (χ3n) is 3.84. The molecule has 2 aromatic rings. The number of nitrogens with two attached hydrogens (primary N) is 1. The second-order valence-electron chi connectivity index (χ2n) is 5.44. The summed E-state index contributed by atoms with van der Waals surface area (Å²) in [6.45, 7) is 2.71. The molecule has 3 heteroatoms. The Morgan fingerprint density at radius 3 is 2.71 bits per heavy atom. The van der Waals surface area contributed by atoms with Gasteiger partial charge in [-0.2, -0.15) is 0 Å². The third kappa shape index (κ3) is 3.03. The van der Waals surface area contributed by atoms with Gasteiger partial charge >= 0.3 is 0 Å². The second-order valence-corrected chi connectivity index (χ2v) is 5.44. The van der Waals surface area contributed by atoms with Crippen LogP contribution in [0.2, 0.25) is 0 Å². The van der Waals surface area contributed by atoms with Crippen molar-refractivity contribution in [2.45, 2.75) is 38.5 Å². The van der Waals surface area contributed by atoms with E-state index in [9.17, 15) is 0 Å². The van der Waals surface area contributed by atoms with Crippen molar-refractivity contribution in [2.75, 3.05) is 0 Å². The Hall–Kier alpha value is -2.00. The average Bonchev–Trinajstić information content (AvgIpc) is 2.83. The molecule has 3 rings (SSSR count). The largest absolute Gasteiger partial charge is 0.489 e. The van der Waals surface area contributed by atoms with Gasteiger partial charge in [-0.1, -0.05) is 43.7 Å². The van der Waals surface area contributed by atoms with E-state index in [1.807, 2.05) is 36.4 Å². The van der Waals surface area contributed by atoms with Gasteiger partial charge in [0.15, 0.2) is 0 Å². The van der Waals surface area contributed by atoms with Gasteiger partial charge in [-0.25, -0.2) is 0 Å². The van der Waals surface area contributed by atoms with Crippen molar-refractivity contribution in [2.24, 2.45) is 5.73 Å². The number of ether oxygens (including phenoxy) is 2. The lowest BCUT2D eigenvalue weighted by molar-refractivity contribution is 0.195. The van der Waals surface area contributed by atoms with Crippen molar-refractivity contribution >= 4 is 0 Å². The Labute approximate surface area is 125 Å². The summed E-state index contributed by atoms with van der Waals surface area (Å²) in [5, 5.41) is 0. The van der Waals surface area contributed by atoms with Crippen molar-refractivity contribution < 1.29 is 9.47 Å². The molecule has 3 nitrogen and oxygen atoms in total. The zero-order valence-corrected chi connectivity index (χ0v) is 12.3. The van der Waals surface area contributed by atoms with E-state index >= 15 is 0 Å². The van der Waals surface area contributed by atoms with Gasteiger partial charge in [0.25, 0.3) is 0 Å². The Morgan fingerprint density at radius 1 is 1.14 bits per heavy atom. The topological polar surface area (TPSA) is 44.5 Å². The number of hydrogen-bond acceptors (Lipinski definition) is 3. The normalized spacial score (nSPS) is 19.9. The minimum absolute atomic E-state index is 0.0553. The van der Waals surface area contributed by atoms with E-state index in [1.54, 1.807) is 0 Å². The standard InChI is InChI=1S/C18H21NO2/c1-2-6-17-18(19)15-11-14(9-10-16(15)21-17)20-12-13-7-4-3-5-8-13/h3-5,7-11,17-18H,2,6,12,19H2,1H3. The molecule has 0 amide bonds. The molecule has 2 aromatic carbocycles. The van der Waals surface area contributed by atoms with E-state index in [0.717, 1.165) is 35.5 Å². The molecule has 2 unspecified atom stereocenters. The molecule has 0 spiro atoms. The smallest absolute Gasteiger partial charge is 0.125 e. The van der Waals surface area contributed by atoms with Gasteiger partial charge in [0.2, 0.25) is 0 Å². The number of benzene rings is 2. The molecule has 1 aliphatic heterocycles. The first-order chi connectivity index (χ1) is 10.3. The van der Waals surface area contributed by atoms with Crippen LogP contribution in [0.25, 0.3) is 0 Å². The predicted octanol–water partition coefficient (Wildman–Crippen LogP) is 3.83. The lowest BCUT2D eigenvalue weighted by Gasteiger charge is -2.13. The Kier molecular flexibility index (Phi) is 4.11. The first kappa shape index (κ1) is 14.0. The van der Waals surface area contributed by atoms with E-state index in [4.69, 9.17) is 15.2 Å². The number of rotatable bonds is 5. The van der Waals surface area contributed by atoms with Crippen LogP contribution in [0.3, 0.4) is 0 Å². The van der Waals surface area contributed by atoms with Crippen molar-refractivity contribution in [3.8, 4) is 11.5 Å². The highest BCUT2D eigenvalue weighted by Crippen LogP contribution is 2.39. The van der Waals surface area contributed by atoms with Gasteiger partial charge in [0.1, 0.15) is 24.2 Å². The molecule has 1 heterocycles. The minimum atomic E-state index is -0.0553. The fourth-order valence-electron chi connectivity index (χ4n) is 2.68. The van der Waals surface area contributed by atoms with E-state index < -0.39 is 0 Å². The summed E-state index contributed by atoms with van der Waals surface area (Å²) in [6, 6.07) is 16.0. The fraction of sp³-hybridized carbons (Fsp3) is 0.333. The van der Waals surface area contributed by atoms with Gasteiger partial charge in [0, 0.05) is 5.56 Å². The molecule has 1 aliphatic rings. The van der Waals surface area contributed by atoms with E-state index in [1.165, 1.54) is 0 Å². The number of hydrogen-bond donors (Lipinski definition) is 1. The molecular weight excluding hydrogens is 262 g/mol. The highest BCUT2D eigenvalue weighted by Gasteiger charge is 2.31. The molecule has 2 atom stereocenters. The molecule has 2 N–H and O–H groups in total. The molecular formula is C18H21NO2. The van der Waals surface area contributed by atoms with Crippen molar-refractivity contribution in [1.82, 2.24) is 0 Å². The minimum Gasteiger partial charge on any atom is -0.489 e. The van der Waals surface area contributed by atoms with Crippen LogP contribution < -0.4 is 15.2 Å². The van der Waals surface area contributed by atoms with Crippen LogP contribution in [0.15, 0.2) is 48.5 Å². The van der Waals surface area contributed by atoms with Gasteiger partial charge in [-0.3, -0.25) is 0 Å². The molecule has 21 heavy (non-hydrogen) atoms. The first-order valence-electron chi connectivity index (χ1n) is 7.51. The van der Waals surface area contributed by atoms with Gasteiger partial charge < -0.3 is 15.2 Å². The molecule has 0 fully saturated rings. The average molecular weight is 283 g/mol. The van der Waals surface area contributed by atoms with Gasteiger partial charge in [-0.05, 0) is 30.2 Å². The van der Waals surface area contributed by atoms with Crippen molar-refractivity contribution in [3.05, 3.63) is 59.7 Å². The maximum atomic E-state index is 6.27. The Bertz CT molecular complexity index is 597. The molecule has 0 saturated carbocycles. The number of fused-ring (bicyclic) bond motifs is 1. The lowest BCUT2D eigenvalue weighted by atomic mass is 10.0. The van der Waals surface area contributed by atoms with Crippen LogP contribution in [0.5, 0.6) is 11.5 Å². The summed E-state index contributed by atoms with van der Waals surface area (Å²) in [7, 11) is 0. The summed E-state index contributed by atoms with van der Waals surface area (Å²) in [4.78, 5) is 0. The Balaban J connectivity index is 1.70. The summed E-state index contributed by atoms with van der Waals surface area (Å²) >= 11 is 0. The van der Waals surface area contributed by atoms with Gasteiger partial charge in [-0.15, -0.1) is 0 Å². The highest BCUT2D eigenvalue weighted by atomic mass is 16.5. The van der Waals surface area contributed by atoms with Gasteiger partial charge in [0.05, 0.1) is 6.04 Å². The van der Waals surface area contributed by atoms with Crippen LogP contribution >= 0.6 is 0 Å². The third-order valence-corrected chi connectivity index (χ3v) is 3.84. The van der Waals surface area contributed by atoms with Crippen LogP contribution in [0, 0.1) is 0 Å². The maximum absolute atomic E-state index is 6.27. The van der Waals surface area contributed by atoms with E-state index in [0.29, 0.717) is 6.61 Å². The molecule has 110 valence electrons. The SMILES string of the molecule is CCCC1Oc2ccc(OCc3ccccc3)cc2C1N. The Morgan fingerprint density at radius 2 is 1.95 bits per heavy atom. The molecule has 0 bridgehead atoms. The zero-order valence-electron chi connectivity index (χ0n) is 12.3. The summed E-state index contributed by atoms with van der Waals surface area (Å²) in [5.74, 6) is 1.74. The molecule has 0 aliphatic carbocycles. The first-order valence-corrected chi connectivity index (χ1v) is 7.51. The maximum Gasteiger partial charge on any atom is 0.125 e. The summed E-state index contributed by atoms with van der Waals surface area (Å²) in [6.07, 6.45) is 2.15. The molecule has 0 aromatic heterocycles. The lowest BCUT2D eigenvalue weighted by Crippen LogP contribution is -2.24. The molecule has 0 saturated heterocycles. The summed E-state index contributed by atoms with van der Waals surface area (Å²) in [5.41, 5.74) is 8.48. The van der Waals surface area contributed by atoms with E-state index in [-0.39, 0.29) is 12.1 Å². The highest BCUT2D eigenvalue weighted by molar-refractivity contribution is 5.45. The van der Waals surface area contributed by atoms with Crippen LogP contribution in [0.1, 0.15) is 36.9 Å². The van der Waals surface area contributed by atoms with Crippen molar-refractivity contribution in [3.63, 3.8) is 0 Å². The van der Waals surface area contributed by atoms with Crippen molar-refractivity contribution in [1.29, 1.82) is 0 Å². The second kappa shape index (κ2) is 6.19. The predicted molar refractivity (Wildman–Crippen MR) is 83.5 cm³/mol. The quantitative estimate of drug-likeness (QED) is 0.907.